The van der Waals surface area contributed by atoms with Gasteiger partial charge in [-0.3, -0.25) is 28.8 Å². The van der Waals surface area contributed by atoms with Gasteiger partial charge < -0.3 is 63.8 Å². The summed E-state index contributed by atoms with van der Waals surface area (Å²) in [6.07, 6.45) is 7.87. The van der Waals surface area contributed by atoms with E-state index in [1.54, 1.807) is 36.5 Å². The number of nitrogens with zero attached hydrogens (tertiary/aromatic N) is 2. The number of para-hydroxylation sites is 1. The lowest BCUT2D eigenvalue weighted by molar-refractivity contribution is -0.142. The van der Waals surface area contributed by atoms with Crippen LogP contribution in [0.5, 0.6) is 0 Å². The van der Waals surface area contributed by atoms with E-state index in [9.17, 15) is 38.7 Å². The molecule has 66 heavy (non-hydrogen) atoms. The van der Waals surface area contributed by atoms with Gasteiger partial charge in [-0.2, -0.15) is 0 Å². The minimum absolute atomic E-state index is 0.00304. The van der Waals surface area contributed by atoms with E-state index in [-0.39, 0.29) is 38.6 Å². The number of imidazole rings is 1. The fraction of sp³-hybridized carbons (Fsp3) is 0.478. The molecule has 2 aromatic heterocycles. The number of aromatic nitrogens is 3. The predicted molar refractivity (Wildman–Crippen MR) is 246 cm³/mol. The van der Waals surface area contributed by atoms with Crippen LogP contribution in [0.4, 0.5) is 0 Å². The number of unbranched alkanes of at least 4 members (excludes halogenated alkanes) is 2. The van der Waals surface area contributed by atoms with Crippen LogP contribution < -0.4 is 43.8 Å². The van der Waals surface area contributed by atoms with Gasteiger partial charge in [-0.15, -0.1) is 0 Å². The van der Waals surface area contributed by atoms with Crippen LogP contribution in [-0.2, 0) is 52.8 Å². The van der Waals surface area contributed by atoms with Gasteiger partial charge in [0.05, 0.1) is 12.4 Å². The molecule has 14 N–H and O–H groups in total. The lowest BCUT2D eigenvalue weighted by Gasteiger charge is -2.30. The molecule has 20 nitrogen and oxygen atoms in total. The third-order valence-electron chi connectivity index (χ3n) is 11.6. The summed E-state index contributed by atoms with van der Waals surface area (Å²) >= 11 is 0. The molecule has 1 aliphatic rings. The molecule has 0 unspecified atom stereocenters. The molecule has 3 heterocycles. The number of aliphatic carboxylic acids is 1. The van der Waals surface area contributed by atoms with Crippen LogP contribution in [0.25, 0.3) is 10.9 Å². The molecule has 1 aliphatic heterocycles. The molecule has 1 saturated heterocycles. The molecule has 6 amide bonds. The molecular formula is C46H64N12O8. The Labute approximate surface area is 383 Å². The van der Waals surface area contributed by atoms with E-state index >= 15 is 0 Å². The average Bonchev–Trinajstić information content (AvgIpc) is 4.10. The minimum Gasteiger partial charge on any atom is -0.480 e. The first-order valence-corrected chi connectivity index (χ1v) is 22.6. The Hall–Kier alpha value is -6.64. The lowest BCUT2D eigenvalue weighted by Crippen LogP contribution is -2.60. The number of carbonyl (C=O) groups is 7. The summed E-state index contributed by atoms with van der Waals surface area (Å²) in [5.41, 5.74) is 19.8. The lowest BCUT2D eigenvalue weighted by atomic mass is 10.0. The zero-order valence-electron chi connectivity index (χ0n) is 37.3. The molecule has 0 spiro atoms. The number of amides is 6. The normalized spacial score (nSPS) is 16.3. The second-order valence-electron chi connectivity index (χ2n) is 16.7. The summed E-state index contributed by atoms with van der Waals surface area (Å²) in [7, 11) is 0. The molecule has 0 bridgehead atoms. The fourth-order valence-electron chi connectivity index (χ4n) is 8.01. The predicted octanol–water partition coefficient (Wildman–Crippen LogP) is 0.0237. The molecule has 20 heteroatoms. The standard InChI is InChI=1S/C46H64N12O8/c1-28(49)40(59)53-34(16-7-9-19-47)45(64)58-21-11-18-39(58)44(63)57-37(23-30-25-51-33-15-6-5-14-32(30)33)42(61)56-38(24-31-26-50-27-52-31)43(62)55-36(22-29-12-3-2-4-13-29)41(60)54-35(46(65)66)17-8-10-20-48/h2-6,12-15,25-28,34-39,51H,7-11,16-24,47-49H2,1H3,(H,50,52)(H,53,59)(H,54,60)(H,55,62)(H,56,61)(H,57,63)(H,65,66)/t28-,34-,35-,36-,37-,38-,39-/m0/s1. The monoisotopic (exact) mass is 912 g/mol. The number of hydrogen-bond donors (Lipinski definition) is 11. The first-order valence-electron chi connectivity index (χ1n) is 22.6. The Kier molecular flexibility index (Phi) is 19.2. The number of rotatable bonds is 26. The number of carboxylic acid groups (broad SMARTS) is 1. The Morgan fingerprint density at radius 1 is 0.727 bits per heavy atom. The first kappa shape index (κ1) is 50.4. The summed E-state index contributed by atoms with van der Waals surface area (Å²) in [4.78, 5) is 108. The van der Waals surface area contributed by atoms with E-state index in [1.165, 1.54) is 24.3 Å². The first-order chi connectivity index (χ1) is 31.8. The second-order valence-corrected chi connectivity index (χ2v) is 16.7. The molecule has 1 fully saturated rings. The van der Waals surface area contributed by atoms with Gasteiger partial charge >= 0.3 is 5.97 Å². The average molecular weight is 913 g/mol. The van der Waals surface area contributed by atoms with Gasteiger partial charge in [-0.05, 0) is 88.6 Å². The van der Waals surface area contributed by atoms with Crippen LogP contribution in [0.2, 0.25) is 0 Å². The number of carboxylic acids is 1. The van der Waals surface area contributed by atoms with Gasteiger partial charge in [0.25, 0.3) is 0 Å². The van der Waals surface area contributed by atoms with Gasteiger partial charge in [0, 0.05) is 54.8 Å². The molecule has 4 aromatic rings. The van der Waals surface area contributed by atoms with Crippen molar-refractivity contribution in [1.82, 2.24) is 46.4 Å². The van der Waals surface area contributed by atoms with Crippen LogP contribution in [0, 0.1) is 0 Å². The number of nitrogens with one attached hydrogen (secondary N) is 7. The maximum atomic E-state index is 14.7. The van der Waals surface area contributed by atoms with Crippen molar-refractivity contribution in [2.45, 2.75) is 120 Å². The van der Waals surface area contributed by atoms with Crippen LogP contribution in [0.15, 0.2) is 73.3 Å². The Morgan fingerprint density at radius 3 is 1.94 bits per heavy atom. The molecule has 0 aliphatic carbocycles. The van der Waals surface area contributed by atoms with Crippen molar-refractivity contribution in [1.29, 1.82) is 0 Å². The van der Waals surface area contributed by atoms with Crippen molar-refractivity contribution in [2.24, 2.45) is 17.2 Å². The van der Waals surface area contributed by atoms with Crippen molar-refractivity contribution in [3.05, 3.63) is 90.1 Å². The van der Waals surface area contributed by atoms with Gasteiger partial charge in [-0.25, -0.2) is 9.78 Å². The highest BCUT2D eigenvalue weighted by Gasteiger charge is 2.40. The topological polar surface area (TPSA) is 326 Å². The second kappa shape index (κ2) is 25.2. The Bertz CT molecular complexity index is 2230. The van der Waals surface area contributed by atoms with Crippen LogP contribution in [0.1, 0.15) is 75.1 Å². The molecule has 356 valence electrons. The van der Waals surface area contributed by atoms with Gasteiger partial charge in [-0.1, -0.05) is 48.5 Å². The van der Waals surface area contributed by atoms with Crippen molar-refractivity contribution in [3.8, 4) is 0 Å². The number of fused-ring (bicyclic) bond motifs is 1. The summed E-state index contributed by atoms with van der Waals surface area (Å²) < 4.78 is 0. The van der Waals surface area contributed by atoms with Crippen molar-refractivity contribution < 1.29 is 38.7 Å². The molecule has 0 saturated carbocycles. The quantitative estimate of drug-likeness (QED) is 0.0372. The van der Waals surface area contributed by atoms with E-state index in [0.717, 1.165) is 10.9 Å². The minimum atomic E-state index is -1.33. The van der Waals surface area contributed by atoms with E-state index in [0.29, 0.717) is 68.4 Å². The summed E-state index contributed by atoms with van der Waals surface area (Å²) in [5, 5.41) is 24.5. The summed E-state index contributed by atoms with van der Waals surface area (Å²) in [6, 6.07) is 8.38. The maximum Gasteiger partial charge on any atom is 0.326 e. The highest BCUT2D eigenvalue weighted by molar-refractivity contribution is 5.98. The molecular weight excluding hydrogens is 849 g/mol. The van der Waals surface area contributed by atoms with Gasteiger partial charge in [0.1, 0.15) is 36.3 Å². The van der Waals surface area contributed by atoms with E-state index in [1.807, 2.05) is 24.3 Å². The zero-order chi connectivity index (χ0) is 47.6. The summed E-state index contributed by atoms with van der Waals surface area (Å²) in [6.45, 7) is 2.50. The van der Waals surface area contributed by atoms with Gasteiger partial charge in [0.15, 0.2) is 0 Å². The number of H-pyrrole nitrogens is 2. The highest BCUT2D eigenvalue weighted by atomic mass is 16.4. The highest BCUT2D eigenvalue weighted by Crippen LogP contribution is 2.23. The Balaban J connectivity index is 1.42. The van der Waals surface area contributed by atoms with E-state index < -0.39 is 83.7 Å². The smallest absolute Gasteiger partial charge is 0.326 e. The number of nitrogens with two attached hydrogens (primary N) is 3. The van der Waals surface area contributed by atoms with Gasteiger partial charge in [0.2, 0.25) is 35.4 Å². The van der Waals surface area contributed by atoms with Crippen LogP contribution in [-0.4, -0.2) is 128 Å². The Morgan fingerprint density at radius 2 is 1.32 bits per heavy atom. The fourth-order valence-corrected chi connectivity index (χ4v) is 8.01. The largest absolute Gasteiger partial charge is 0.480 e. The number of hydrogen-bond acceptors (Lipinski definition) is 11. The van der Waals surface area contributed by atoms with Crippen molar-refractivity contribution in [3.63, 3.8) is 0 Å². The SMILES string of the molecule is C[C@H](N)C(=O)N[C@@H](CCCCN)C(=O)N1CCC[C@H]1C(=O)N[C@@H](Cc1c[nH]c2ccccc12)C(=O)N[C@@H](Cc1cnc[nH]1)C(=O)N[C@@H](Cc1ccccc1)C(=O)N[C@@H](CCCCN)C(=O)O. The number of benzene rings is 2. The number of likely N-dealkylation sites (tertiary alicyclic amines) is 1. The molecule has 5 rings (SSSR count). The molecule has 2 aromatic carbocycles. The van der Waals surface area contributed by atoms with Crippen molar-refractivity contribution in [2.75, 3.05) is 19.6 Å². The molecule has 0 radical (unpaired) electrons. The van der Waals surface area contributed by atoms with Crippen molar-refractivity contribution >= 4 is 52.3 Å². The molecule has 7 atom stereocenters. The third-order valence-corrected chi connectivity index (χ3v) is 11.6. The maximum absolute atomic E-state index is 14.7. The zero-order valence-corrected chi connectivity index (χ0v) is 37.3. The van der Waals surface area contributed by atoms with Crippen LogP contribution >= 0.6 is 0 Å². The van der Waals surface area contributed by atoms with Crippen LogP contribution in [0.3, 0.4) is 0 Å². The third kappa shape index (κ3) is 14.4. The van der Waals surface area contributed by atoms with E-state index in [4.69, 9.17) is 17.2 Å². The summed E-state index contributed by atoms with van der Waals surface area (Å²) in [5.74, 6) is -5.04. The number of aromatic amines is 2. The number of carbonyl (C=O) groups excluding carboxylic acids is 6. The van der Waals surface area contributed by atoms with E-state index in [2.05, 4.69) is 41.5 Å².